The van der Waals surface area contributed by atoms with Gasteiger partial charge in [-0.2, -0.15) is 0 Å². The molecule has 0 aliphatic heterocycles. The number of carbonyl (C=O) groups excluding carboxylic acids is 1. The van der Waals surface area contributed by atoms with E-state index in [1.165, 1.54) is 0 Å². The summed E-state index contributed by atoms with van der Waals surface area (Å²) in [4.78, 5) is 10.1. The van der Waals surface area contributed by atoms with Gasteiger partial charge in [-0.15, -0.1) is 0 Å². The van der Waals surface area contributed by atoms with Crippen molar-refractivity contribution in [2.75, 3.05) is 6.61 Å². The number of benzene rings is 1. The van der Waals surface area contributed by atoms with E-state index in [1.807, 2.05) is 36.4 Å². The number of carbonyl (C=O) groups is 1. The van der Waals surface area contributed by atoms with Crippen LogP contribution < -0.4 is 0 Å². The highest BCUT2D eigenvalue weighted by molar-refractivity contribution is 5.58. The summed E-state index contributed by atoms with van der Waals surface area (Å²) in [5.41, 5.74) is 2.18. The van der Waals surface area contributed by atoms with Gasteiger partial charge in [0.1, 0.15) is 6.29 Å². The number of aldehydes is 1. The van der Waals surface area contributed by atoms with Crippen molar-refractivity contribution < 1.29 is 9.90 Å². The van der Waals surface area contributed by atoms with Crippen molar-refractivity contribution in [3.05, 3.63) is 41.5 Å². The summed E-state index contributed by atoms with van der Waals surface area (Å²) < 4.78 is 0. The first-order chi connectivity index (χ1) is 6.86. The number of aliphatic hydroxyl groups is 1. The van der Waals surface area contributed by atoms with Crippen LogP contribution in [0.15, 0.2) is 30.3 Å². The lowest BCUT2D eigenvalue weighted by atomic mass is 10.1. The fourth-order valence-corrected chi connectivity index (χ4v) is 1.24. The van der Waals surface area contributed by atoms with Gasteiger partial charge in [-0.05, 0) is 17.5 Å². The molecule has 0 aliphatic rings. The molecule has 0 saturated carbocycles. The number of hydrogen-bond acceptors (Lipinski definition) is 2. The minimum Gasteiger partial charge on any atom is -0.396 e. The van der Waals surface area contributed by atoms with Gasteiger partial charge in [-0.1, -0.05) is 36.4 Å². The molecule has 0 fully saturated rings. The van der Waals surface area contributed by atoms with Crippen LogP contribution in [0, 0.1) is 0 Å². The summed E-state index contributed by atoms with van der Waals surface area (Å²) in [6, 6.07) is 7.92. The summed E-state index contributed by atoms with van der Waals surface area (Å²) in [6.45, 7) is 0.168. The van der Waals surface area contributed by atoms with Crippen LogP contribution in [0.1, 0.15) is 17.5 Å². The van der Waals surface area contributed by atoms with Gasteiger partial charge in [0.2, 0.25) is 0 Å². The van der Waals surface area contributed by atoms with Gasteiger partial charge in [-0.25, -0.2) is 0 Å². The fraction of sp³-hybridized carbons (Fsp3) is 0.250. The molecule has 1 N–H and O–H groups in total. The van der Waals surface area contributed by atoms with E-state index in [4.69, 9.17) is 5.11 Å². The maximum Gasteiger partial charge on any atom is 0.123 e. The molecule has 0 saturated heterocycles. The largest absolute Gasteiger partial charge is 0.396 e. The summed E-state index contributed by atoms with van der Waals surface area (Å²) in [5.74, 6) is 0. The average Bonchev–Trinajstić information content (AvgIpc) is 2.19. The van der Waals surface area contributed by atoms with Gasteiger partial charge in [0, 0.05) is 13.0 Å². The topological polar surface area (TPSA) is 37.3 Å². The minimum absolute atomic E-state index is 0.168. The summed E-state index contributed by atoms with van der Waals surface area (Å²) in [7, 11) is 0. The van der Waals surface area contributed by atoms with Gasteiger partial charge in [-0.3, -0.25) is 0 Å². The zero-order valence-corrected chi connectivity index (χ0v) is 8.02. The number of rotatable bonds is 5. The van der Waals surface area contributed by atoms with E-state index in [1.54, 1.807) is 0 Å². The molecule has 0 unspecified atom stereocenters. The monoisotopic (exact) mass is 190 g/mol. The SMILES string of the molecule is O=CCC=Cc1cccc(CCO)c1. The maximum absolute atomic E-state index is 10.1. The Hall–Kier alpha value is -1.41. The fourth-order valence-electron chi connectivity index (χ4n) is 1.24. The Morgan fingerprint density at radius 2 is 2.21 bits per heavy atom. The van der Waals surface area contributed by atoms with Gasteiger partial charge in [0.15, 0.2) is 0 Å². The second kappa shape index (κ2) is 6.11. The standard InChI is InChI=1S/C12H14O2/c13-8-2-1-4-11-5-3-6-12(10-11)7-9-14/h1,3-6,8,10,14H,2,7,9H2. The number of allylic oxidation sites excluding steroid dienone is 1. The molecule has 0 radical (unpaired) electrons. The van der Waals surface area contributed by atoms with Gasteiger partial charge < -0.3 is 9.90 Å². The molecule has 0 bridgehead atoms. The molecular formula is C12H14O2. The molecule has 2 nitrogen and oxygen atoms in total. The van der Waals surface area contributed by atoms with Crippen molar-refractivity contribution in [1.82, 2.24) is 0 Å². The smallest absolute Gasteiger partial charge is 0.123 e. The van der Waals surface area contributed by atoms with E-state index in [0.29, 0.717) is 12.8 Å². The predicted molar refractivity (Wildman–Crippen MR) is 56.9 cm³/mol. The third-order valence-corrected chi connectivity index (χ3v) is 1.89. The molecular weight excluding hydrogens is 176 g/mol. The van der Waals surface area contributed by atoms with E-state index in [-0.39, 0.29) is 6.61 Å². The van der Waals surface area contributed by atoms with Crippen molar-refractivity contribution in [2.45, 2.75) is 12.8 Å². The predicted octanol–water partition coefficient (Wildman–Crippen LogP) is 1.82. The maximum atomic E-state index is 10.1. The quantitative estimate of drug-likeness (QED) is 0.719. The second-order valence-corrected chi connectivity index (χ2v) is 3.02. The first-order valence-corrected chi connectivity index (χ1v) is 4.67. The zero-order chi connectivity index (χ0) is 10.2. The molecule has 0 aliphatic carbocycles. The lowest BCUT2D eigenvalue weighted by Crippen LogP contribution is -1.90. The van der Waals surface area contributed by atoms with Crippen LogP contribution in [-0.4, -0.2) is 18.0 Å². The summed E-state index contributed by atoms with van der Waals surface area (Å²) >= 11 is 0. The van der Waals surface area contributed by atoms with Crippen molar-refractivity contribution in [1.29, 1.82) is 0 Å². The summed E-state index contributed by atoms with van der Waals surface area (Å²) in [6.07, 6.45) is 5.73. The molecule has 14 heavy (non-hydrogen) atoms. The highest BCUT2D eigenvalue weighted by atomic mass is 16.2. The lowest BCUT2D eigenvalue weighted by Gasteiger charge is -1.99. The van der Waals surface area contributed by atoms with Gasteiger partial charge in [0.25, 0.3) is 0 Å². The van der Waals surface area contributed by atoms with Crippen LogP contribution >= 0.6 is 0 Å². The zero-order valence-electron chi connectivity index (χ0n) is 8.02. The number of aliphatic hydroxyl groups excluding tert-OH is 1. The first-order valence-electron chi connectivity index (χ1n) is 4.67. The molecule has 1 aromatic rings. The van der Waals surface area contributed by atoms with E-state index < -0.39 is 0 Å². The molecule has 1 aromatic carbocycles. The Kier molecular flexibility index (Phi) is 4.65. The Morgan fingerprint density at radius 1 is 1.36 bits per heavy atom. The average molecular weight is 190 g/mol. The van der Waals surface area contributed by atoms with Gasteiger partial charge >= 0.3 is 0 Å². The van der Waals surface area contributed by atoms with E-state index in [9.17, 15) is 4.79 Å². The molecule has 0 atom stereocenters. The Balaban J connectivity index is 2.67. The van der Waals surface area contributed by atoms with Crippen LogP contribution in [0.4, 0.5) is 0 Å². The first kappa shape index (κ1) is 10.7. The molecule has 0 heterocycles. The Bertz CT molecular complexity index is 316. The van der Waals surface area contributed by atoms with E-state index in [2.05, 4.69) is 0 Å². The van der Waals surface area contributed by atoms with Crippen molar-refractivity contribution >= 4 is 12.4 Å². The molecule has 1 rings (SSSR count). The molecule has 74 valence electrons. The normalized spacial score (nSPS) is 10.6. The summed E-state index contributed by atoms with van der Waals surface area (Å²) in [5, 5.41) is 8.76. The molecule has 0 spiro atoms. The van der Waals surface area contributed by atoms with Crippen LogP contribution in [0.25, 0.3) is 6.08 Å². The van der Waals surface area contributed by atoms with Crippen molar-refractivity contribution in [3.63, 3.8) is 0 Å². The Morgan fingerprint density at radius 3 is 2.93 bits per heavy atom. The lowest BCUT2D eigenvalue weighted by molar-refractivity contribution is -0.107. The van der Waals surface area contributed by atoms with Crippen LogP contribution in [-0.2, 0) is 11.2 Å². The molecule has 0 amide bonds. The minimum atomic E-state index is 0.168. The van der Waals surface area contributed by atoms with Crippen LogP contribution in [0.2, 0.25) is 0 Å². The van der Waals surface area contributed by atoms with E-state index >= 15 is 0 Å². The third-order valence-electron chi connectivity index (χ3n) is 1.89. The van der Waals surface area contributed by atoms with Gasteiger partial charge in [0.05, 0.1) is 0 Å². The third kappa shape index (κ3) is 3.54. The Labute approximate surface area is 83.9 Å². The second-order valence-electron chi connectivity index (χ2n) is 3.02. The van der Waals surface area contributed by atoms with Crippen molar-refractivity contribution in [2.24, 2.45) is 0 Å². The van der Waals surface area contributed by atoms with E-state index in [0.717, 1.165) is 17.4 Å². The highest BCUT2D eigenvalue weighted by Crippen LogP contribution is 2.07. The highest BCUT2D eigenvalue weighted by Gasteiger charge is 1.92. The van der Waals surface area contributed by atoms with Crippen molar-refractivity contribution in [3.8, 4) is 0 Å². The van der Waals surface area contributed by atoms with Crippen LogP contribution in [0.3, 0.4) is 0 Å². The van der Waals surface area contributed by atoms with Crippen LogP contribution in [0.5, 0.6) is 0 Å². The number of hydrogen-bond donors (Lipinski definition) is 1. The molecule has 0 aromatic heterocycles. The molecule has 2 heteroatoms.